The first kappa shape index (κ1) is 14.0. The number of thioether (sulfide) groups is 1. The lowest BCUT2D eigenvalue weighted by Gasteiger charge is -2.12. The molecule has 0 aliphatic carbocycles. The van der Waals surface area contributed by atoms with E-state index in [4.69, 9.17) is 14.2 Å². The standard InChI is InChI=1S/C15H15NO4S/c17-11(9-21-15-3-1-2-6-16-15)8-18-12-4-5-13-14(7-12)20-10-19-13/h1-7,11,17H,8-10H2. The van der Waals surface area contributed by atoms with Gasteiger partial charge in [-0.15, -0.1) is 11.8 Å². The maximum absolute atomic E-state index is 9.94. The van der Waals surface area contributed by atoms with Crippen LogP contribution in [-0.4, -0.2) is 35.3 Å². The van der Waals surface area contributed by atoms with Gasteiger partial charge in [-0.25, -0.2) is 4.98 Å². The van der Waals surface area contributed by atoms with Gasteiger partial charge in [0.25, 0.3) is 0 Å². The third-order valence-electron chi connectivity index (χ3n) is 2.85. The molecule has 1 aromatic carbocycles. The Hall–Kier alpha value is -1.92. The summed E-state index contributed by atoms with van der Waals surface area (Å²) < 4.78 is 16.1. The van der Waals surface area contributed by atoms with Crippen LogP contribution in [0.1, 0.15) is 0 Å². The highest BCUT2D eigenvalue weighted by molar-refractivity contribution is 7.99. The summed E-state index contributed by atoms with van der Waals surface area (Å²) in [6.45, 7) is 0.460. The molecule has 1 aliphatic heterocycles. The third-order valence-corrected chi connectivity index (χ3v) is 3.94. The molecule has 5 nitrogen and oxygen atoms in total. The number of aliphatic hydroxyl groups excluding tert-OH is 1. The molecule has 3 rings (SSSR count). The highest BCUT2D eigenvalue weighted by Gasteiger charge is 2.14. The van der Waals surface area contributed by atoms with Gasteiger partial charge in [0.1, 0.15) is 12.4 Å². The van der Waals surface area contributed by atoms with Crippen LogP contribution in [-0.2, 0) is 0 Å². The number of pyridine rings is 1. The van der Waals surface area contributed by atoms with Crippen molar-refractivity contribution >= 4 is 11.8 Å². The number of benzene rings is 1. The Kier molecular flexibility index (Phi) is 4.47. The minimum absolute atomic E-state index is 0.222. The van der Waals surface area contributed by atoms with Crippen molar-refractivity contribution in [2.75, 3.05) is 19.2 Å². The molecule has 110 valence electrons. The van der Waals surface area contributed by atoms with Crippen molar-refractivity contribution < 1.29 is 19.3 Å². The van der Waals surface area contributed by atoms with Crippen LogP contribution >= 0.6 is 11.8 Å². The molecule has 6 heteroatoms. The first-order valence-corrected chi connectivity index (χ1v) is 7.54. The van der Waals surface area contributed by atoms with Gasteiger partial charge in [-0.3, -0.25) is 0 Å². The average Bonchev–Trinajstić information content (AvgIpc) is 2.99. The van der Waals surface area contributed by atoms with Gasteiger partial charge in [-0.1, -0.05) is 6.07 Å². The molecule has 0 amide bonds. The van der Waals surface area contributed by atoms with Crippen molar-refractivity contribution in [2.45, 2.75) is 11.1 Å². The molecule has 1 aliphatic rings. The summed E-state index contributed by atoms with van der Waals surface area (Å²) in [5.74, 6) is 2.57. The van der Waals surface area contributed by atoms with E-state index in [-0.39, 0.29) is 13.4 Å². The van der Waals surface area contributed by atoms with Crippen LogP contribution < -0.4 is 14.2 Å². The van der Waals surface area contributed by atoms with E-state index in [9.17, 15) is 5.11 Å². The maximum Gasteiger partial charge on any atom is 0.231 e. The number of aliphatic hydroxyl groups is 1. The number of fused-ring (bicyclic) bond motifs is 1. The molecule has 1 atom stereocenters. The summed E-state index contributed by atoms with van der Waals surface area (Å²) in [7, 11) is 0. The van der Waals surface area contributed by atoms with E-state index in [1.807, 2.05) is 18.2 Å². The van der Waals surface area contributed by atoms with Gasteiger partial charge in [0, 0.05) is 18.0 Å². The summed E-state index contributed by atoms with van der Waals surface area (Å²) in [5, 5.41) is 10.8. The first-order valence-electron chi connectivity index (χ1n) is 6.55. The van der Waals surface area contributed by atoms with Crippen LogP contribution in [0.4, 0.5) is 0 Å². The quantitative estimate of drug-likeness (QED) is 0.827. The minimum atomic E-state index is -0.567. The zero-order chi connectivity index (χ0) is 14.5. The van der Waals surface area contributed by atoms with Crippen LogP contribution in [0, 0.1) is 0 Å². The fraction of sp³-hybridized carbons (Fsp3) is 0.267. The van der Waals surface area contributed by atoms with Gasteiger partial charge in [-0.05, 0) is 24.3 Å². The second-order valence-electron chi connectivity index (χ2n) is 4.46. The van der Waals surface area contributed by atoms with Crippen molar-refractivity contribution in [3.05, 3.63) is 42.6 Å². The average molecular weight is 305 g/mol. The third kappa shape index (κ3) is 3.80. The zero-order valence-corrected chi connectivity index (χ0v) is 12.1. The van der Waals surface area contributed by atoms with Crippen molar-refractivity contribution in [3.63, 3.8) is 0 Å². The fourth-order valence-electron chi connectivity index (χ4n) is 1.82. The summed E-state index contributed by atoms with van der Waals surface area (Å²) in [6, 6.07) is 11.1. The van der Waals surface area contributed by atoms with Gasteiger partial charge in [0.05, 0.1) is 11.1 Å². The van der Waals surface area contributed by atoms with Gasteiger partial charge in [0.2, 0.25) is 6.79 Å². The summed E-state index contributed by atoms with van der Waals surface area (Å²) in [5.41, 5.74) is 0. The second-order valence-corrected chi connectivity index (χ2v) is 5.50. The number of nitrogens with zero attached hydrogens (tertiary/aromatic N) is 1. The molecule has 1 N–H and O–H groups in total. The molecule has 0 spiro atoms. The van der Waals surface area contributed by atoms with Crippen LogP contribution in [0.5, 0.6) is 17.2 Å². The predicted molar refractivity (Wildman–Crippen MR) is 79.0 cm³/mol. The number of ether oxygens (including phenoxy) is 3. The van der Waals surface area contributed by atoms with Crippen molar-refractivity contribution in [1.29, 1.82) is 0 Å². The summed E-state index contributed by atoms with van der Waals surface area (Å²) >= 11 is 1.50. The molecule has 1 unspecified atom stereocenters. The lowest BCUT2D eigenvalue weighted by Crippen LogP contribution is -2.20. The molecule has 1 aromatic heterocycles. The van der Waals surface area contributed by atoms with E-state index in [1.165, 1.54) is 11.8 Å². The van der Waals surface area contributed by atoms with Gasteiger partial charge >= 0.3 is 0 Å². The molecule has 0 fully saturated rings. The Morgan fingerprint density at radius 2 is 2.14 bits per heavy atom. The Balaban J connectivity index is 1.46. The SMILES string of the molecule is OC(COc1ccc2c(c1)OCO2)CSc1ccccn1. The number of rotatable bonds is 6. The molecule has 0 saturated heterocycles. The minimum Gasteiger partial charge on any atom is -0.491 e. The predicted octanol–water partition coefficient (Wildman–Crippen LogP) is 2.34. The Morgan fingerprint density at radius 1 is 1.24 bits per heavy atom. The Labute approximate surface area is 126 Å². The van der Waals surface area contributed by atoms with E-state index in [1.54, 1.807) is 24.4 Å². The van der Waals surface area contributed by atoms with Crippen molar-refractivity contribution in [1.82, 2.24) is 4.98 Å². The van der Waals surface area contributed by atoms with Crippen LogP contribution in [0.2, 0.25) is 0 Å². The normalized spacial score (nSPS) is 14.0. The first-order chi connectivity index (χ1) is 10.3. The van der Waals surface area contributed by atoms with E-state index in [0.29, 0.717) is 23.0 Å². The molecule has 2 aromatic rings. The largest absolute Gasteiger partial charge is 0.491 e. The lowest BCUT2D eigenvalue weighted by atomic mass is 10.3. The fourth-order valence-corrected chi connectivity index (χ4v) is 2.59. The highest BCUT2D eigenvalue weighted by atomic mass is 32.2. The zero-order valence-electron chi connectivity index (χ0n) is 11.3. The molecular formula is C15H15NO4S. The van der Waals surface area contributed by atoms with Crippen LogP contribution in [0.3, 0.4) is 0 Å². The maximum atomic E-state index is 9.94. The van der Waals surface area contributed by atoms with Gasteiger partial charge in [0.15, 0.2) is 11.5 Å². The number of aromatic nitrogens is 1. The van der Waals surface area contributed by atoms with Crippen molar-refractivity contribution in [2.24, 2.45) is 0 Å². The molecule has 2 heterocycles. The monoisotopic (exact) mass is 305 g/mol. The van der Waals surface area contributed by atoms with E-state index in [2.05, 4.69) is 4.98 Å². The van der Waals surface area contributed by atoms with Gasteiger partial charge < -0.3 is 19.3 Å². The Bertz CT molecular complexity index is 593. The van der Waals surface area contributed by atoms with E-state index >= 15 is 0 Å². The lowest BCUT2D eigenvalue weighted by molar-refractivity contribution is 0.126. The number of hydrogen-bond acceptors (Lipinski definition) is 6. The molecule has 0 saturated carbocycles. The number of hydrogen-bond donors (Lipinski definition) is 1. The molecule has 0 radical (unpaired) electrons. The summed E-state index contributed by atoms with van der Waals surface area (Å²) in [6.07, 6.45) is 1.17. The Morgan fingerprint density at radius 3 is 3.00 bits per heavy atom. The highest BCUT2D eigenvalue weighted by Crippen LogP contribution is 2.35. The molecular weight excluding hydrogens is 290 g/mol. The van der Waals surface area contributed by atoms with Crippen LogP contribution in [0.15, 0.2) is 47.6 Å². The van der Waals surface area contributed by atoms with Crippen LogP contribution in [0.25, 0.3) is 0 Å². The van der Waals surface area contributed by atoms with E-state index in [0.717, 1.165) is 5.03 Å². The topological polar surface area (TPSA) is 60.8 Å². The second kappa shape index (κ2) is 6.69. The molecule has 21 heavy (non-hydrogen) atoms. The van der Waals surface area contributed by atoms with Gasteiger partial charge in [-0.2, -0.15) is 0 Å². The summed E-state index contributed by atoms with van der Waals surface area (Å²) in [4.78, 5) is 4.19. The smallest absolute Gasteiger partial charge is 0.231 e. The molecule has 0 bridgehead atoms. The van der Waals surface area contributed by atoms with E-state index < -0.39 is 6.10 Å². The van der Waals surface area contributed by atoms with Crippen molar-refractivity contribution in [3.8, 4) is 17.2 Å².